The first-order valence-corrected chi connectivity index (χ1v) is 7.05. The van der Waals surface area contributed by atoms with Crippen molar-refractivity contribution in [3.63, 3.8) is 0 Å². The summed E-state index contributed by atoms with van der Waals surface area (Å²) in [5.74, 6) is -0.579. The molecule has 2 aromatic carbocycles. The van der Waals surface area contributed by atoms with Gasteiger partial charge in [-0.15, -0.1) is 0 Å². The number of anilines is 1. The van der Waals surface area contributed by atoms with Gasteiger partial charge in [0.25, 0.3) is 0 Å². The van der Waals surface area contributed by atoms with Gasteiger partial charge in [-0.1, -0.05) is 6.07 Å². The Morgan fingerprint density at radius 1 is 1.18 bits per heavy atom. The first kappa shape index (κ1) is 14.3. The molecule has 0 aliphatic carbocycles. The number of aryl methyl sites for hydroxylation is 2. The van der Waals surface area contributed by atoms with Crippen LogP contribution in [0.2, 0.25) is 0 Å². The number of carbonyl (C=O) groups is 1. The average Bonchev–Trinajstić information content (AvgIpc) is 2.81. The van der Waals surface area contributed by atoms with Crippen molar-refractivity contribution in [3.8, 4) is 0 Å². The highest BCUT2D eigenvalue weighted by molar-refractivity contribution is 5.95. The van der Waals surface area contributed by atoms with Crippen molar-refractivity contribution < 1.29 is 13.6 Å². The summed E-state index contributed by atoms with van der Waals surface area (Å²) in [6.45, 7) is 4.05. The van der Waals surface area contributed by atoms with Crippen LogP contribution >= 0.6 is 0 Å². The number of hydrogen-bond donors (Lipinski definition) is 1. The zero-order valence-electron chi connectivity index (χ0n) is 12.4. The molecule has 1 amide bonds. The minimum atomic E-state index is -0.377. The summed E-state index contributed by atoms with van der Waals surface area (Å²) < 4.78 is 18.6. The van der Waals surface area contributed by atoms with E-state index in [1.807, 2.05) is 26.0 Å². The van der Waals surface area contributed by atoms with Gasteiger partial charge in [0.2, 0.25) is 5.91 Å². The van der Waals surface area contributed by atoms with E-state index in [4.69, 9.17) is 4.42 Å². The number of amides is 1. The molecule has 3 rings (SSSR count). The fourth-order valence-corrected chi connectivity index (χ4v) is 2.42. The van der Waals surface area contributed by atoms with Gasteiger partial charge in [-0.05, 0) is 55.3 Å². The van der Waals surface area contributed by atoms with Gasteiger partial charge in [-0.2, -0.15) is 0 Å². The molecule has 4 heteroatoms. The Bertz CT molecular complexity index is 851. The van der Waals surface area contributed by atoms with Gasteiger partial charge in [0.15, 0.2) is 0 Å². The summed E-state index contributed by atoms with van der Waals surface area (Å²) in [4.78, 5) is 12.1. The number of rotatable bonds is 3. The highest BCUT2D eigenvalue weighted by Gasteiger charge is 2.12. The topological polar surface area (TPSA) is 42.2 Å². The summed E-state index contributed by atoms with van der Waals surface area (Å²) in [5, 5.41) is 3.63. The van der Waals surface area contributed by atoms with Crippen LogP contribution in [0.15, 0.2) is 47.1 Å². The fraction of sp³-hybridized carbons (Fsp3) is 0.167. The van der Waals surface area contributed by atoms with Crippen LogP contribution in [0.5, 0.6) is 0 Å². The average molecular weight is 297 g/mol. The van der Waals surface area contributed by atoms with Crippen molar-refractivity contribution in [1.82, 2.24) is 0 Å². The summed E-state index contributed by atoms with van der Waals surface area (Å²) in [6.07, 6.45) is 1.79. The van der Waals surface area contributed by atoms with Crippen LogP contribution in [0, 0.1) is 19.7 Å². The maximum absolute atomic E-state index is 13.1. The molecule has 0 spiro atoms. The van der Waals surface area contributed by atoms with E-state index >= 15 is 0 Å². The Kier molecular flexibility index (Phi) is 3.67. The van der Waals surface area contributed by atoms with E-state index < -0.39 is 0 Å². The van der Waals surface area contributed by atoms with E-state index in [-0.39, 0.29) is 18.1 Å². The second-order valence-corrected chi connectivity index (χ2v) is 5.43. The van der Waals surface area contributed by atoms with Crippen molar-refractivity contribution >= 4 is 22.6 Å². The number of benzene rings is 2. The van der Waals surface area contributed by atoms with Crippen molar-refractivity contribution in [1.29, 1.82) is 0 Å². The molecule has 112 valence electrons. The normalized spacial score (nSPS) is 10.9. The highest BCUT2D eigenvalue weighted by atomic mass is 19.1. The predicted octanol–water partition coefficient (Wildman–Crippen LogP) is 4.37. The zero-order valence-corrected chi connectivity index (χ0v) is 12.4. The van der Waals surface area contributed by atoms with Crippen molar-refractivity contribution in [2.75, 3.05) is 5.32 Å². The van der Waals surface area contributed by atoms with E-state index in [9.17, 15) is 9.18 Å². The third kappa shape index (κ3) is 2.86. The molecule has 0 aliphatic rings. The maximum atomic E-state index is 13.1. The SMILES string of the molecule is Cc1cc2occ(CC(=O)Nc3cccc(F)c3)c2cc1C. The van der Waals surface area contributed by atoms with Crippen LogP contribution in [-0.4, -0.2) is 5.91 Å². The number of halogens is 1. The lowest BCUT2D eigenvalue weighted by atomic mass is 10.0. The van der Waals surface area contributed by atoms with Gasteiger partial charge in [0.1, 0.15) is 11.4 Å². The lowest BCUT2D eigenvalue weighted by molar-refractivity contribution is -0.115. The zero-order chi connectivity index (χ0) is 15.7. The highest BCUT2D eigenvalue weighted by Crippen LogP contribution is 2.25. The van der Waals surface area contributed by atoms with Gasteiger partial charge < -0.3 is 9.73 Å². The Labute approximate surface area is 127 Å². The Hall–Kier alpha value is -2.62. The van der Waals surface area contributed by atoms with Gasteiger partial charge >= 0.3 is 0 Å². The molecule has 3 aromatic rings. The fourth-order valence-electron chi connectivity index (χ4n) is 2.42. The van der Waals surface area contributed by atoms with Gasteiger partial charge in [0, 0.05) is 16.6 Å². The van der Waals surface area contributed by atoms with Gasteiger partial charge in [0.05, 0.1) is 12.7 Å². The van der Waals surface area contributed by atoms with Crippen molar-refractivity contribution in [3.05, 3.63) is 65.2 Å². The minimum absolute atomic E-state index is 0.187. The van der Waals surface area contributed by atoms with Crippen LogP contribution in [0.25, 0.3) is 11.0 Å². The second-order valence-electron chi connectivity index (χ2n) is 5.43. The molecule has 0 aliphatic heterocycles. The molecule has 22 heavy (non-hydrogen) atoms. The quantitative estimate of drug-likeness (QED) is 0.780. The van der Waals surface area contributed by atoms with Crippen LogP contribution in [0.4, 0.5) is 10.1 Å². The second kappa shape index (κ2) is 5.64. The van der Waals surface area contributed by atoms with Crippen LogP contribution in [0.1, 0.15) is 16.7 Å². The molecule has 0 atom stereocenters. The van der Waals surface area contributed by atoms with E-state index in [1.165, 1.54) is 12.1 Å². The third-order valence-electron chi connectivity index (χ3n) is 3.73. The number of carbonyl (C=O) groups excluding carboxylic acids is 1. The minimum Gasteiger partial charge on any atom is -0.464 e. The lowest BCUT2D eigenvalue weighted by Crippen LogP contribution is -2.14. The number of nitrogens with one attached hydrogen (secondary N) is 1. The van der Waals surface area contributed by atoms with E-state index in [1.54, 1.807) is 18.4 Å². The number of fused-ring (bicyclic) bond motifs is 1. The molecule has 0 bridgehead atoms. The summed E-state index contributed by atoms with van der Waals surface area (Å²) in [7, 11) is 0. The Balaban J connectivity index is 1.81. The van der Waals surface area contributed by atoms with Crippen LogP contribution in [0.3, 0.4) is 0 Å². The van der Waals surface area contributed by atoms with E-state index in [2.05, 4.69) is 5.32 Å². The van der Waals surface area contributed by atoms with Crippen molar-refractivity contribution in [2.24, 2.45) is 0 Å². The van der Waals surface area contributed by atoms with Gasteiger partial charge in [-0.3, -0.25) is 4.79 Å². The molecule has 0 saturated carbocycles. The van der Waals surface area contributed by atoms with E-state index in [0.29, 0.717) is 5.69 Å². The smallest absolute Gasteiger partial charge is 0.228 e. The first-order valence-electron chi connectivity index (χ1n) is 7.05. The summed E-state index contributed by atoms with van der Waals surface area (Å²) in [5.41, 5.74) is 4.35. The molecule has 0 fully saturated rings. The number of furan rings is 1. The Morgan fingerprint density at radius 3 is 2.73 bits per heavy atom. The number of hydrogen-bond acceptors (Lipinski definition) is 2. The van der Waals surface area contributed by atoms with Crippen molar-refractivity contribution in [2.45, 2.75) is 20.3 Å². The monoisotopic (exact) mass is 297 g/mol. The lowest BCUT2D eigenvalue weighted by Gasteiger charge is -2.05. The molecule has 1 heterocycles. The third-order valence-corrected chi connectivity index (χ3v) is 3.73. The molecule has 3 nitrogen and oxygen atoms in total. The molecule has 1 N–H and O–H groups in total. The standard InChI is InChI=1S/C18H16FNO2/c1-11-6-16-13(10-22-17(16)7-12(11)2)8-18(21)20-15-5-3-4-14(19)9-15/h3-7,9-10H,8H2,1-2H3,(H,20,21). The Morgan fingerprint density at radius 2 is 1.95 bits per heavy atom. The molecule has 1 aromatic heterocycles. The summed E-state index contributed by atoms with van der Waals surface area (Å²) in [6, 6.07) is 9.84. The predicted molar refractivity (Wildman–Crippen MR) is 84.4 cm³/mol. The molecular weight excluding hydrogens is 281 g/mol. The first-order chi connectivity index (χ1) is 10.5. The van der Waals surface area contributed by atoms with Gasteiger partial charge in [-0.25, -0.2) is 4.39 Å². The summed E-state index contributed by atoms with van der Waals surface area (Å²) >= 11 is 0. The molecule has 0 unspecified atom stereocenters. The van der Waals surface area contributed by atoms with Crippen LogP contribution in [-0.2, 0) is 11.2 Å². The largest absolute Gasteiger partial charge is 0.464 e. The van der Waals surface area contributed by atoms with E-state index in [0.717, 1.165) is 27.7 Å². The molecule has 0 saturated heterocycles. The van der Waals surface area contributed by atoms with Crippen LogP contribution < -0.4 is 5.32 Å². The molecule has 0 radical (unpaired) electrons. The maximum Gasteiger partial charge on any atom is 0.228 e. The molecular formula is C18H16FNO2.